The first kappa shape index (κ1) is 19.5. The second-order valence-electron chi connectivity index (χ2n) is 5.73. The molecule has 0 aliphatic carbocycles. The van der Waals surface area contributed by atoms with Gasteiger partial charge in [-0.1, -0.05) is 77.1 Å². The van der Waals surface area contributed by atoms with Crippen LogP contribution >= 0.6 is 0 Å². The molecule has 0 saturated carbocycles. The van der Waals surface area contributed by atoms with Crippen molar-refractivity contribution < 1.29 is 10.2 Å². The molecule has 0 bridgehead atoms. The van der Waals surface area contributed by atoms with Crippen LogP contribution in [0.4, 0.5) is 0 Å². The van der Waals surface area contributed by atoms with E-state index in [9.17, 15) is 10.2 Å². The van der Waals surface area contributed by atoms with E-state index >= 15 is 0 Å². The molecule has 0 aliphatic rings. The van der Waals surface area contributed by atoms with Crippen molar-refractivity contribution in [2.24, 2.45) is 0 Å². The van der Waals surface area contributed by atoms with Crippen LogP contribution in [0.25, 0.3) is 0 Å². The molecular formula is C18H34O2. The summed E-state index contributed by atoms with van der Waals surface area (Å²) in [4.78, 5) is 0. The van der Waals surface area contributed by atoms with Crippen molar-refractivity contribution in [1.29, 1.82) is 0 Å². The molecule has 2 nitrogen and oxygen atoms in total. The van der Waals surface area contributed by atoms with Gasteiger partial charge in [-0.15, -0.1) is 0 Å². The lowest BCUT2D eigenvalue weighted by molar-refractivity contribution is 0.207. The van der Waals surface area contributed by atoms with Gasteiger partial charge in [0, 0.05) is 0 Å². The molecule has 2 N–H and O–H groups in total. The Morgan fingerprint density at radius 3 is 1.30 bits per heavy atom. The summed E-state index contributed by atoms with van der Waals surface area (Å²) in [5, 5.41) is 19.4. The summed E-state index contributed by atoms with van der Waals surface area (Å²) in [6.07, 6.45) is 12.3. The lowest BCUT2D eigenvalue weighted by Gasteiger charge is -2.05. The molecule has 0 aromatic carbocycles. The van der Waals surface area contributed by atoms with Crippen molar-refractivity contribution in [3.05, 3.63) is 0 Å². The zero-order valence-electron chi connectivity index (χ0n) is 13.5. The summed E-state index contributed by atoms with van der Waals surface area (Å²) in [5.74, 6) is 5.56. The maximum absolute atomic E-state index is 9.71. The minimum Gasteiger partial charge on any atom is -0.380 e. The van der Waals surface area contributed by atoms with E-state index in [1.54, 1.807) is 0 Å². The Hall–Kier alpha value is -0.520. The zero-order chi connectivity index (χ0) is 15.1. The van der Waals surface area contributed by atoms with E-state index in [1.165, 1.54) is 51.4 Å². The average molecular weight is 282 g/mol. The normalized spacial score (nSPS) is 13.6. The largest absolute Gasteiger partial charge is 0.380 e. The van der Waals surface area contributed by atoms with Crippen LogP contribution < -0.4 is 0 Å². The first-order valence-corrected chi connectivity index (χ1v) is 8.57. The minimum absolute atomic E-state index is 0.564. The molecule has 0 aliphatic heterocycles. The van der Waals surface area contributed by atoms with Crippen molar-refractivity contribution >= 4 is 0 Å². The molecule has 2 unspecified atom stereocenters. The Morgan fingerprint density at radius 1 is 0.600 bits per heavy atom. The van der Waals surface area contributed by atoms with Crippen molar-refractivity contribution in [3.8, 4) is 11.8 Å². The minimum atomic E-state index is -0.564. The van der Waals surface area contributed by atoms with E-state index < -0.39 is 12.2 Å². The van der Waals surface area contributed by atoms with Crippen LogP contribution in [-0.2, 0) is 0 Å². The fraction of sp³-hybridized carbons (Fsp3) is 0.889. The van der Waals surface area contributed by atoms with Gasteiger partial charge in [0.15, 0.2) is 0 Å². The molecule has 2 atom stereocenters. The van der Waals surface area contributed by atoms with Crippen LogP contribution in [0.2, 0.25) is 0 Å². The first-order chi connectivity index (χ1) is 9.70. The Morgan fingerprint density at radius 2 is 0.950 bits per heavy atom. The molecule has 0 amide bonds. The van der Waals surface area contributed by atoms with E-state index in [2.05, 4.69) is 25.7 Å². The molecule has 0 rings (SSSR count). The number of rotatable bonds is 12. The van der Waals surface area contributed by atoms with Gasteiger partial charge < -0.3 is 10.2 Å². The standard InChI is InChI=1S/C18H34O2/c1-3-5-7-9-11-13-17(19)15-16-18(20)14-12-10-8-6-4-2/h17-20H,3-14H2,1-2H3. The monoisotopic (exact) mass is 282 g/mol. The van der Waals surface area contributed by atoms with Gasteiger partial charge in [-0.2, -0.15) is 0 Å². The molecule has 0 aromatic rings. The van der Waals surface area contributed by atoms with Gasteiger partial charge in [-0.25, -0.2) is 0 Å². The highest BCUT2D eigenvalue weighted by molar-refractivity contribution is 5.08. The van der Waals surface area contributed by atoms with Gasteiger partial charge in [-0.05, 0) is 25.7 Å². The third-order valence-electron chi connectivity index (χ3n) is 3.58. The summed E-state index contributed by atoms with van der Waals surface area (Å²) in [6, 6.07) is 0. The van der Waals surface area contributed by atoms with E-state index in [0.717, 1.165) is 25.7 Å². The highest BCUT2D eigenvalue weighted by atomic mass is 16.3. The fourth-order valence-corrected chi connectivity index (χ4v) is 2.22. The van der Waals surface area contributed by atoms with E-state index in [4.69, 9.17) is 0 Å². The molecule has 0 fully saturated rings. The summed E-state index contributed by atoms with van der Waals surface area (Å²) >= 11 is 0. The quantitative estimate of drug-likeness (QED) is 0.410. The number of hydrogen-bond donors (Lipinski definition) is 2. The molecule has 118 valence electrons. The number of hydrogen-bond acceptors (Lipinski definition) is 2. The molecule has 0 spiro atoms. The van der Waals surface area contributed by atoms with E-state index in [1.807, 2.05) is 0 Å². The maximum atomic E-state index is 9.71. The van der Waals surface area contributed by atoms with Gasteiger partial charge in [0.2, 0.25) is 0 Å². The highest BCUT2D eigenvalue weighted by Crippen LogP contribution is 2.08. The fourth-order valence-electron chi connectivity index (χ4n) is 2.22. The van der Waals surface area contributed by atoms with Gasteiger partial charge in [-0.3, -0.25) is 0 Å². The summed E-state index contributed by atoms with van der Waals surface area (Å²) in [6.45, 7) is 4.40. The Kier molecular flexibility index (Phi) is 14.5. The average Bonchev–Trinajstić information content (AvgIpc) is 2.44. The maximum Gasteiger partial charge on any atom is 0.114 e. The lowest BCUT2D eigenvalue weighted by atomic mass is 10.1. The predicted octanol–water partition coefficient (Wildman–Crippen LogP) is 4.43. The van der Waals surface area contributed by atoms with Crippen LogP contribution in [0, 0.1) is 11.8 Å². The van der Waals surface area contributed by atoms with Gasteiger partial charge in [0.1, 0.15) is 12.2 Å². The molecule has 0 heterocycles. The zero-order valence-corrected chi connectivity index (χ0v) is 13.5. The SMILES string of the molecule is CCCCCCCC(O)C#CC(O)CCCCCCC. The van der Waals surface area contributed by atoms with Gasteiger partial charge in [0.05, 0.1) is 0 Å². The topological polar surface area (TPSA) is 40.5 Å². The Balaban J connectivity index is 3.55. The second-order valence-corrected chi connectivity index (χ2v) is 5.73. The first-order valence-electron chi connectivity index (χ1n) is 8.57. The summed E-state index contributed by atoms with van der Waals surface area (Å²) in [7, 11) is 0. The molecule has 0 aromatic heterocycles. The van der Waals surface area contributed by atoms with Gasteiger partial charge >= 0.3 is 0 Å². The highest BCUT2D eigenvalue weighted by Gasteiger charge is 2.02. The van der Waals surface area contributed by atoms with Crippen molar-refractivity contribution in [2.75, 3.05) is 0 Å². The molecule has 0 radical (unpaired) electrons. The van der Waals surface area contributed by atoms with E-state index in [-0.39, 0.29) is 0 Å². The molecule has 20 heavy (non-hydrogen) atoms. The van der Waals surface area contributed by atoms with Crippen LogP contribution in [-0.4, -0.2) is 22.4 Å². The van der Waals surface area contributed by atoms with Crippen LogP contribution in [0.15, 0.2) is 0 Å². The van der Waals surface area contributed by atoms with E-state index in [0.29, 0.717) is 0 Å². The van der Waals surface area contributed by atoms with Crippen LogP contribution in [0.5, 0.6) is 0 Å². The summed E-state index contributed by atoms with van der Waals surface area (Å²) < 4.78 is 0. The Bertz CT molecular complexity index is 228. The summed E-state index contributed by atoms with van der Waals surface area (Å²) in [5.41, 5.74) is 0. The third-order valence-corrected chi connectivity index (χ3v) is 3.58. The smallest absolute Gasteiger partial charge is 0.114 e. The number of aliphatic hydroxyl groups excluding tert-OH is 2. The van der Waals surface area contributed by atoms with Crippen molar-refractivity contribution in [1.82, 2.24) is 0 Å². The van der Waals surface area contributed by atoms with Crippen LogP contribution in [0.1, 0.15) is 90.9 Å². The number of unbranched alkanes of at least 4 members (excludes halogenated alkanes) is 8. The molecule has 2 heteroatoms. The number of aliphatic hydroxyl groups is 2. The van der Waals surface area contributed by atoms with Crippen molar-refractivity contribution in [3.63, 3.8) is 0 Å². The lowest BCUT2D eigenvalue weighted by Crippen LogP contribution is -2.07. The molecular weight excluding hydrogens is 248 g/mol. The molecule has 0 saturated heterocycles. The second kappa shape index (κ2) is 14.9. The Labute approximate surface area is 126 Å². The predicted molar refractivity (Wildman–Crippen MR) is 86.5 cm³/mol. The van der Waals surface area contributed by atoms with Crippen molar-refractivity contribution in [2.45, 2.75) is 103 Å². The van der Waals surface area contributed by atoms with Crippen LogP contribution in [0.3, 0.4) is 0 Å². The van der Waals surface area contributed by atoms with Gasteiger partial charge in [0.25, 0.3) is 0 Å². The third kappa shape index (κ3) is 13.9.